The molecule has 3 rings (SSSR count). The summed E-state index contributed by atoms with van der Waals surface area (Å²) >= 11 is 0. The summed E-state index contributed by atoms with van der Waals surface area (Å²) in [7, 11) is 5.20. The minimum absolute atomic E-state index is 0. The van der Waals surface area contributed by atoms with Crippen LogP contribution in [-0.4, -0.2) is 71.6 Å². The first kappa shape index (κ1) is 25.0. The van der Waals surface area contributed by atoms with Gasteiger partial charge in [-0.1, -0.05) is 0 Å². The monoisotopic (exact) mass is 533 g/mol. The fourth-order valence-corrected chi connectivity index (χ4v) is 3.93. The van der Waals surface area contributed by atoms with Gasteiger partial charge in [0.2, 0.25) is 0 Å². The van der Waals surface area contributed by atoms with Crippen LogP contribution in [0.3, 0.4) is 0 Å². The molecule has 8 heteroatoms. The number of halogens is 1. The molecule has 2 aliphatic heterocycles. The van der Waals surface area contributed by atoms with Crippen LogP contribution < -0.4 is 14.8 Å². The van der Waals surface area contributed by atoms with Crippen LogP contribution in [0, 0.1) is 5.92 Å². The highest BCUT2D eigenvalue weighted by Gasteiger charge is 2.21. The molecule has 1 aromatic carbocycles. The quantitative estimate of drug-likeness (QED) is 0.240. The predicted octanol–water partition coefficient (Wildman–Crippen LogP) is 3.09. The minimum Gasteiger partial charge on any atom is -0.493 e. The Balaban J connectivity index is 0.00000320. The Morgan fingerprint density at radius 3 is 2.53 bits per heavy atom. The summed E-state index contributed by atoms with van der Waals surface area (Å²) in [5.74, 6) is 3.17. The zero-order valence-corrected chi connectivity index (χ0v) is 20.8. The van der Waals surface area contributed by atoms with Crippen molar-refractivity contribution in [3.8, 4) is 11.5 Å². The van der Waals surface area contributed by atoms with Gasteiger partial charge >= 0.3 is 0 Å². The Kier molecular flexibility index (Phi) is 11.0. The Morgan fingerprint density at radius 2 is 1.87 bits per heavy atom. The zero-order chi connectivity index (χ0) is 20.5. The third kappa shape index (κ3) is 6.88. The summed E-state index contributed by atoms with van der Waals surface area (Å²) in [6.07, 6.45) is 4.18. The third-order valence-electron chi connectivity index (χ3n) is 5.67. The molecule has 0 bridgehead atoms. The summed E-state index contributed by atoms with van der Waals surface area (Å²) in [5.41, 5.74) is 2.58. The third-order valence-corrected chi connectivity index (χ3v) is 5.67. The number of hydrogen-bond donors (Lipinski definition) is 1. The number of fused-ring (bicyclic) bond motifs is 1. The van der Waals surface area contributed by atoms with Gasteiger partial charge in [-0.3, -0.25) is 4.99 Å². The van der Waals surface area contributed by atoms with E-state index in [1.807, 2.05) is 7.05 Å². The number of nitrogens with zero attached hydrogens (tertiary/aromatic N) is 2. The summed E-state index contributed by atoms with van der Waals surface area (Å²) in [6.45, 7) is 5.99. The van der Waals surface area contributed by atoms with Crippen LogP contribution in [-0.2, 0) is 22.4 Å². The first-order valence-electron chi connectivity index (χ1n) is 10.6. The molecule has 0 saturated carbocycles. The van der Waals surface area contributed by atoms with Crippen LogP contribution in [0.1, 0.15) is 30.4 Å². The van der Waals surface area contributed by atoms with E-state index in [9.17, 15) is 0 Å². The molecular weight excluding hydrogens is 497 g/mol. The molecular formula is C22H36IN3O4. The minimum atomic E-state index is 0. The van der Waals surface area contributed by atoms with E-state index >= 15 is 0 Å². The normalized spacial score (nSPS) is 17.2. The standard InChI is InChI=1S/C22H35N3O4.HI/c1-23-22(24-8-4-10-29-16-17-6-11-28-12-7-17)25-9-5-18-13-20(26-2)21(27-3)14-19(18)15-25;/h13-14,17H,4-12,15-16H2,1-3H3,(H,23,24);1H. The molecule has 1 aromatic rings. The van der Waals surface area contributed by atoms with E-state index < -0.39 is 0 Å². The Morgan fingerprint density at radius 1 is 1.17 bits per heavy atom. The smallest absolute Gasteiger partial charge is 0.193 e. The second-order valence-electron chi connectivity index (χ2n) is 7.61. The average molecular weight is 533 g/mol. The molecule has 0 spiro atoms. The van der Waals surface area contributed by atoms with Gasteiger partial charge in [0, 0.05) is 53.1 Å². The van der Waals surface area contributed by atoms with Gasteiger partial charge in [0.25, 0.3) is 0 Å². The second-order valence-corrected chi connectivity index (χ2v) is 7.61. The Hall–Kier alpha value is -1.26. The van der Waals surface area contributed by atoms with Gasteiger partial charge in [-0.25, -0.2) is 0 Å². The highest BCUT2D eigenvalue weighted by atomic mass is 127. The van der Waals surface area contributed by atoms with Gasteiger partial charge in [-0.15, -0.1) is 24.0 Å². The lowest BCUT2D eigenvalue weighted by molar-refractivity contribution is 0.0203. The Labute approximate surface area is 197 Å². The van der Waals surface area contributed by atoms with Gasteiger partial charge in [-0.2, -0.15) is 0 Å². The van der Waals surface area contributed by atoms with Gasteiger partial charge in [0.05, 0.1) is 14.2 Å². The van der Waals surface area contributed by atoms with E-state index in [1.165, 1.54) is 11.1 Å². The second kappa shape index (κ2) is 13.2. The van der Waals surface area contributed by atoms with E-state index in [4.69, 9.17) is 18.9 Å². The first-order chi connectivity index (χ1) is 14.2. The molecule has 1 saturated heterocycles. The number of aliphatic imine (C=N–C) groups is 1. The van der Waals surface area contributed by atoms with Crippen molar-refractivity contribution in [1.82, 2.24) is 10.2 Å². The maximum absolute atomic E-state index is 5.85. The van der Waals surface area contributed by atoms with Crippen molar-refractivity contribution in [1.29, 1.82) is 0 Å². The highest BCUT2D eigenvalue weighted by molar-refractivity contribution is 14.0. The number of nitrogens with one attached hydrogen (secondary N) is 1. The van der Waals surface area contributed by atoms with E-state index in [-0.39, 0.29) is 24.0 Å². The number of guanidine groups is 1. The van der Waals surface area contributed by atoms with E-state index in [1.54, 1.807) is 14.2 Å². The van der Waals surface area contributed by atoms with Crippen molar-refractivity contribution < 1.29 is 18.9 Å². The summed E-state index contributed by atoms with van der Waals surface area (Å²) < 4.78 is 22.1. The van der Waals surface area contributed by atoms with Crippen molar-refractivity contribution in [3.63, 3.8) is 0 Å². The molecule has 0 amide bonds. The van der Waals surface area contributed by atoms with Crippen LogP contribution in [0.2, 0.25) is 0 Å². The number of methoxy groups -OCH3 is 2. The summed E-state index contributed by atoms with van der Waals surface area (Å²) in [4.78, 5) is 6.76. The molecule has 30 heavy (non-hydrogen) atoms. The topological polar surface area (TPSA) is 64.6 Å². The van der Waals surface area contributed by atoms with Gasteiger partial charge in [0.15, 0.2) is 17.5 Å². The first-order valence-corrected chi connectivity index (χ1v) is 10.6. The molecule has 0 atom stereocenters. The number of ether oxygens (including phenoxy) is 4. The van der Waals surface area contributed by atoms with Crippen LogP contribution in [0.5, 0.6) is 11.5 Å². The fraction of sp³-hybridized carbons (Fsp3) is 0.682. The van der Waals surface area contributed by atoms with Gasteiger partial charge < -0.3 is 29.2 Å². The lowest BCUT2D eigenvalue weighted by atomic mass is 9.99. The Bertz CT molecular complexity index is 681. The van der Waals surface area contributed by atoms with E-state index in [2.05, 4.69) is 27.3 Å². The lowest BCUT2D eigenvalue weighted by Crippen LogP contribution is -2.44. The van der Waals surface area contributed by atoms with Crippen molar-refractivity contribution in [2.45, 2.75) is 32.2 Å². The molecule has 2 heterocycles. The maximum Gasteiger partial charge on any atom is 0.193 e. The lowest BCUT2D eigenvalue weighted by Gasteiger charge is -2.32. The van der Waals surface area contributed by atoms with E-state index in [0.717, 1.165) is 89.2 Å². The van der Waals surface area contributed by atoms with Gasteiger partial charge in [-0.05, 0) is 54.9 Å². The number of benzene rings is 1. The maximum atomic E-state index is 5.85. The molecule has 0 unspecified atom stereocenters. The summed E-state index contributed by atoms with van der Waals surface area (Å²) in [6, 6.07) is 4.18. The van der Waals surface area contributed by atoms with Crippen molar-refractivity contribution in [2.24, 2.45) is 10.9 Å². The largest absolute Gasteiger partial charge is 0.493 e. The van der Waals surface area contributed by atoms with Crippen molar-refractivity contribution in [2.75, 3.05) is 60.8 Å². The van der Waals surface area contributed by atoms with Crippen LogP contribution in [0.25, 0.3) is 0 Å². The van der Waals surface area contributed by atoms with E-state index in [0.29, 0.717) is 5.92 Å². The highest BCUT2D eigenvalue weighted by Crippen LogP contribution is 2.33. The number of rotatable bonds is 8. The molecule has 170 valence electrons. The number of hydrogen-bond acceptors (Lipinski definition) is 5. The van der Waals surface area contributed by atoms with Crippen LogP contribution in [0.4, 0.5) is 0 Å². The molecule has 2 aliphatic rings. The van der Waals surface area contributed by atoms with Crippen molar-refractivity contribution >= 4 is 29.9 Å². The zero-order valence-electron chi connectivity index (χ0n) is 18.4. The molecule has 0 aliphatic carbocycles. The average Bonchev–Trinajstić information content (AvgIpc) is 2.78. The van der Waals surface area contributed by atoms with Gasteiger partial charge in [0.1, 0.15) is 0 Å². The molecule has 0 radical (unpaired) electrons. The fourth-order valence-electron chi connectivity index (χ4n) is 3.93. The van der Waals surface area contributed by atoms with Crippen molar-refractivity contribution in [3.05, 3.63) is 23.3 Å². The predicted molar refractivity (Wildman–Crippen MR) is 129 cm³/mol. The van der Waals surface area contributed by atoms with Crippen LogP contribution >= 0.6 is 24.0 Å². The molecule has 1 N–H and O–H groups in total. The van der Waals surface area contributed by atoms with Crippen LogP contribution in [0.15, 0.2) is 17.1 Å². The SMILES string of the molecule is CN=C(NCCCOCC1CCOCC1)N1CCc2cc(OC)c(OC)cc2C1.I. The molecule has 7 nitrogen and oxygen atoms in total. The summed E-state index contributed by atoms with van der Waals surface area (Å²) in [5, 5.41) is 3.48. The molecule has 0 aromatic heterocycles. The molecule has 1 fully saturated rings.